The standard InChI is InChI=1S/C31H27N3O4/c1-2-22-9-5-7-13-26(22)32-29(35)19-34-30(36)27(33-31(34)37)18-25-12-6-8-14-28(25)38-20-21-15-16-23-10-3-4-11-24(23)17-21/h3-18H,2,19-20H2,1H3,(H,32,35)(H,33,37)/b27-18+. The highest BCUT2D eigenvalue weighted by Gasteiger charge is 2.35. The molecule has 1 saturated heterocycles. The Labute approximate surface area is 220 Å². The van der Waals surface area contributed by atoms with Gasteiger partial charge in [-0.3, -0.25) is 9.59 Å². The van der Waals surface area contributed by atoms with E-state index in [4.69, 9.17) is 4.74 Å². The number of anilines is 1. The molecule has 7 heteroatoms. The monoisotopic (exact) mass is 505 g/mol. The topological polar surface area (TPSA) is 87.7 Å². The molecule has 7 nitrogen and oxygen atoms in total. The Morgan fingerprint density at radius 1 is 0.921 bits per heavy atom. The van der Waals surface area contributed by atoms with E-state index in [1.165, 1.54) is 0 Å². The minimum Gasteiger partial charge on any atom is -0.488 e. The maximum absolute atomic E-state index is 13.0. The van der Waals surface area contributed by atoms with E-state index in [0.29, 0.717) is 23.6 Å². The fourth-order valence-corrected chi connectivity index (χ4v) is 4.38. The second-order valence-electron chi connectivity index (χ2n) is 8.95. The third-order valence-electron chi connectivity index (χ3n) is 6.36. The molecule has 0 aliphatic carbocycles. The van der Waals surface area contributed by atoms with Gasteiger partial charge in [-0.05, 0) is 52.6 Å². The first kappa shape index (κ1) is 24.8. The molecule has 1 fully saturated rings. The number of rotatable bonds is 8. The molecule has 1 aliphatic heterocycles. The molecule has 0 saturated carbocycles. The van der Waals surface area contributed by atoms with Gasteiger partial charge in [-0.1, -0.05) is 79.7 Å². The maximum atomic E-state index is 13.0. The summed E-state index contributed by atoms with van der Waals surface area (Å²) in [6.45, 7) is 1.94. The zero-order valence-corrected chi connectivity index (χ0v) is 20.9. The van der Waals surface area contributed by atoms with Crippen molar-refractivity contribution in [3.63, 3.8) is 0 Å². The molecule has 190 valence electrons. The summed E-state index contributed by atoms with van der Waals surface area (Å²) in [4.78, 5) is 39.1. The third-order valence-corrected chi connectivity index (χ3v) is 6.36. The molecule has 38 heavy (non-hydrogen) atoms. The molecule has 0 bridgehead atoms. The van der Waals surface area contributed by atoms with Gasteiger partial charge in [0.1, 0.15) is 24.6 Å². The molecule has 5 rings (SSSR count). The molecule has 0 aromatic heterocycles. The Balaban J connectivity index is 1.28. The largest absolute Gasteiger partial charge is 0.488 e. The predicted molar refractivity (Wildman–Crippen MR) is 147 cm³/mol. The van der Waals surface area contributed by atoms with E-state index >= 15 is 0 Å². The zero-order chi connectivity index (χ0) is 26.5. The average Bonchev–Trinajstić information content (AvgIpc) is 3.20. The number of benzene rings is 4. The molecule has 1 heterocycles. The van der Waals surface area contributed by atoms with Crippen molar-refractivity contribution in [3.8, 4) is 5.75 Å². The van der Waals surface area contributed by atoms with Crippen molar-refractivity contribution in [2.45, 2.75) is 20.0 Å². The highest BCUT2D eigenvalue weighted by molar-refractivity contribution is 6.16. The quantitative estimate of drug-likeness (QED) is 0.244. The van der Waals surface area contributed by atoms with Crippen molar-refractivity contribution in [2.75, 3.05) is 11.9 Å². The molecule has 4 aromatic rings. The first-order valence-corrected chi connectivity index (χ1v) is 12.4. The predicted octanol–water partition coefficient (Wildman–Crippen LogP) is 5.51. The number of carbonyl (C=O) groups excluding carboxylic acids is 3. The number of urea groups is 1. The van der Waals surface area contributed by atoms with E-state index in [2.05, 4.69) is 34.9 Å². The van der Waals surface area contributed by atoms with Gasteiger partial charge in [0.15, 0.2) is 0 Å². The summed E-state index contributed by atoms with van der Waals surface area (Å²) in [7, 11) is 0. The van der Waals surface area contributed by atoms with Crippen LogP contribution in [0.5, 0.6) is 5.75 Å². The Morgan fingerprint density at radius 2 is 1.66 bits per heavy atom. The van der Waals surface area contributed by atoms with Crippen molar-refractivity contribution >= 4 is 40.4 Å². The summed E-state index contributed by atoms with van der Waals surface area (Å²) in [5.41, 5.74) is 3.37. The van der Waals surface area contributed by atoms with Crippen LogP contribution in [0.2, 0.25) is 0 Å². The molecule has 0 unspecified atom stereocenters. The van der Waals surface area contributed by atoms with Crippen molar-refractivity contribution in [2.24, 2.45) is 0 Å². The van der Waals surface area contributed by atoms with Gasteiger partial charge in [0.05, 0.1) is 0 Å². The summed E-state index contributed by atoms with van der Waals surface area (Å²) in [5.74, 6) is -0.449. The normalized spacial score (nSPS) is 14.1. The first-order valence-electron chi connectivity index (χ1n) is 12.4. The van der Waals surface area contributed by atoms with Gasteiger partial charge in [0, 0.05) is 11.3 Å². The summed E-state index contributed by atoms with van der Waals surface area (Å²) >= 11 is 0. The van der Waals surface area contributed by atoms with Crippen LogP contribution in [0.3, 0.4) is 0 Å². The second kappa shape index (κ2) is 11.0. The van der Waals surface area contributed by atoms with Crippen LogP contribution in [0.4, 0.5) is 10.5 Å². The number of nitrogens with zero attached hydrogens (tertiary/aromatic N) is 1. The number of fused-ring (bicyclic) bond motifs is 1. The number of imide groups is 1. The van der Waals surface area contributed by atoms with Crippen LogP contribution in [-0.4, -0.2) is 29.3 Å². The lowest BCUT2D eigenvalue weighted by Gasteiger charge is -2.13. The van der Waals surface area contributed by atoms with Crippen LogP contribution in [0.1, 0.15) is 23.6 Å². The number of hydrogen-bond donors (Lipinski definition) is 2. The van der Waals surface area contributed by atoms with Gasteiger partial charge in [0.25, 0.3) is 5.91 Å². The van der Waals surface area contributed by atoms with Crippen LogP contribution < -0.4 is 15.4 Å². The SMILES string of the molecule is CCc1ccccc1NC(=O)CN1C(=O)N/C(=C/c2ccccc2OCc2ccc3ccccc3c2)C1=O. The lowest BCUT2D eigenvalue weighted by atomic mass is 10.1. The summed E-state index contributed by atoms with van der Waals surface area (Å²) in [6, 6.07) is 28.4. The number of nitrogens with one attached hydrogen (secondary N) is 2. The average molecular weight is 506 g/mol. The minimum absolute atomic E-state index is 0.0820. The Morgan fingerprint density at radius 3 is 2.50 bits per heavy atom. The fourth-order valence-electron chi connectivity index (χ4n) is 4.38. The van der Waals surface area contributed by atoms with Crippen LogP contribution in [-0.2, 0) is 22.6 Å². The van der Waals surface area contributed by atoms with Crippen molar-refractivity contribution in [1.82, 2.24) is 10.2 Å². The van der Waals surface area contributed by atoms with Gasteiger partial charge >= 0.3 is 6.03 Å². The van der Waals surface area contributed by atoms with E-state index in [9.17, 15) is 14.4 Å². The first-order chi connectivity index (χ1) is 18.5. The molecular formula is C31H27N3O4. The smallest absolute Gasteiger partial charge is 0.329 e. The Bertz CT molecular complexity index is 1560. The molecule has 0 spiro atoms. The highest BCUT2D eigenvalue weighted by Crippen LogP contribution is 2.25. The van der Waals surface area contributed by atoms with Gasteiger partial charge in [-0.25, -0.2) is 9.69 Å². The van der Waals surface area contributed by atoms with E-state index in [0.717, 1.165) is 33.2 Å². The fraction of sp³-hybridized carbons (Fsp3) is 0.129. The molecule has 0 radical (unpaired) electrons. The number of amides is 4. The molecule has 0 atom stereocenters. The van der Waals surface area contributed by atoms with E-state index in [-0.39, 0.29) is 12.2 Å². The van der Waals surface area contributed by atoms with Gasteiger partial charge in [-0.2, -0.15) is 0 Å². The van der Waals surface area contributed by atoms with Crippen LogP contribution in [0.15, 0.2) is 96.7 Å². The maximum Gasteiger partial charge on any atom is 0.329 e. The third kappa shape index (κ3) is 5.42. The Hall–Kier alpha value is -4.91. The second-order valence-corrected chi connectivity index (χ2v) is 8.95. The highest BCUT2D eigenvalue weighted by atomic mass is 16.5. The zero-order valence-electron chi connectivity index (χ0n) is 20.9. The number of hydrogen-bond acceptors (Lipinski definition) is 4. The number of carbonyl (C=O) groups is 3. The van der Waals surface area contributed by atoms with Crippen molar-refractivity contribution in [1.29, 1.82) is 0 Å². The summed E-state index contributed by atoms with van der Waals surface area (Å²) in [5, 5.41) is 7.66. The lowest BCUT2D eigenvalue weighted by molar-refractivity contribution is -0.127. The van der Waals surface area contributed by atoms with E-state index in [1.54, 1.807) is 18.2 Å². The molecular weight excluding hydrogens is 478 g/mol. The number of ether oxygens (including phenoxy) is 1. The lowest BCUT2D eigenvalue weighted by Crippen LogP contribution is -2.38. The minimum atomic E-state index is -0.644. The van der Waals surface area contributed by atoms with Crippen molar-refractivity contribution in [3.05, 3.63) is 113 Å². The van der Waals surface area contributed by atoms with Crippen LogP contribution >= 0.6 is 0 Å². The van der Waals surface area contributed by atoms with Gasteiger partial charge in [-0.15, -0.1) is 0 Å². The Kier molecular flexibility index (Phi) is 7.17. The van der Waals surface area contributed by atoms with Crippen LogP contribution in [0.25, 0.3) is 16.8 Å². The molecule has 1 aliphatic rings. The van der Waals surface area contributed by atoms with E-state index in [1.807, 2.05) is 61.5 Å². The molecule has 4 amide bonds. The summed E-state index contributed by atoms with van der Waals surface area (Å²) in [6.07, 6.45) is 2.31. The van der Waals surface area contributed by atoms with Gasteiger partial charge < -0.3 is 15.4 Å². The number of aryl methyl sites for hydroxylation is 1. The number of para-hydroxylation sites is 2. The van der Waals surface area contributed by atoms with Crippen LogP contribution in [0, 0.1) is 0 Å². The molecule has 2 N–H and O–H groups in total. The summed E-state index contributed by atoms with van der Waals surface area (Å²) < 4.78 is 6.08. The van der Waals surface area contributed by atoms with Gasteiger partial charge in [0.2, 0.25) is 5.91 Å². The van der Waals surface area contributed by atoms with E-state index < -0.39 is 17.8 Å². The van der Waals surface area contributed by atoms with Crippen molar-refractivity contribution < 1.29 is 19.1 Å². The molecule has 4 aromatic carbocycles.